The molecule has 0 unspecified atom stereocenters. The molecule has 0 spiro atoms. The highest BCUT2D eigenvalue weighted by Crippen LogP contribution is 2.37. The molecule has 7 heteroatoms. The predicted octanol–water partition coefficient (Wildman–Crippen LogP) is 7.20. The van der Waals surface area contributed by atoms with Gasteiger partial charge in [-0.05, 0) is 34.4 Å². The Balaban J connectivity index is 1.65. The first kappa shape index (κ1) is 29.8. The van der Waals surface area contributed by atoms with Crippen molar-refractivity contribution in [2.45, 2.75) is 25.0 Å². The van der Waals surface area contributed by atoms with Gasteiger partial charge in [0, 0.05) is 12.8 Å². The lowest BCUT2D eigenvalue weighted by Gasteiger charge is -2.35. The van der Waals surface area contributed by atoms with Gasteiger partial charge in [0.25, 0.3) is 0 Å². The van der Waals surface area contributed by atoms with Crippen molar-refractivity contribution in [3.63, 3.8) is 0 Å². The zero-order chi connectivity index (χ0) is 30.9. The highest BCUT2D eigenvalue weighted by Gasteiger charge is 2.39. The lowest BCUT2D eigenvalue weighted by atomic mass is 9.81. The second-order valence-corrected chi connectivity index (χ2v) is 10.4. The minimum atomic E-state index is -1.44. The number of hydrogen-bond donors (Lipinski definition) is 2. The maximum Gasteiger partial charge on any atom is 0.342 e. The topological polar surface area (TPSA) is 110 Å². The fraction of sp³-hybridized carbons (Fsp3) is 0.108. The summed E-state index contributed by atoms with van der Waals surface area (Å²) in [6.45, 7) is -0.0499. The quantitative estimate of drug-likeness (QED) is 0.149. The van der Waals surface area contributed by atoms with E-state index in [4.69, 9.17) is 9.47 Å². The Morgan fingerprint density at radius 3 is 1.50 bits per heavy atom. The number of carbonyl (C=O) groups excluding carboxylic acids is 1. The van der Waals surface area contributed by atoms with Crippen LogP contribution in [0.3, 0.4) is 0 Å². The molecule has 0 radical (unpaired) electrons. The molecule has 0 saturated carbocycles. The van der Waals surface area contributed by atoms with Crippen molar-refractivity contribution < 1.29 is 34.1 Å². The fourth-order valence-corrected chi connectivity index (χ4v) is 5.17. The van der Waals surface area contributed by atoms with Gasteiger partial charge in [0.15, 0.2) is 0 Å². The van der Waals surface area contributed by atoms with Gasteiger partial charge < -0.3 is 19.7 Å². The van der Waals surface area contributed by atoms with Crippen LogP contribution in [-0.2, 0) is 29.8 Å². The molecule has 0 fully saturated rings. The normalized spacial score (nSPS) is 11.0. The Morgan fingerprint density at radius 2 is 1.02 bits per heavy atom. The summed E-state index contributed by atoms with van der Waals surface area (Å²) in [7, 11) is 0. The zero-order valence-electron chi connectivity index (χ0n) is 23.8. The molecule has 0 saturated heterocycles. The minimum Gasteiger partial charge on any atom is -0.487 e. The number of ether oxygens (including phenoxy) is 2. The van der Waals surface area contributed by atoms with Gasteiger partial charge in [-0.25, -0.2) is 14.4 Å². The molecule has 2 N–H and O–H groups in total. The third-order valence-corrected chi connectivity index (χ3v) is 7.27. The summed E-state index contributed by atoms with van der Waals surface area (Å²) in [5.41, 5.74) is 0.900. The van der Waals surface area contributed by atoms with E-state index in [9.17, 15) is 24.6 Å². The summed E-state index contributed by atoms with van der Waals surface area (Å²) in [5, 5.41) is 19.9. The number of esters is 1. The van der Waals surface area contributed by atoms with Gasteiger partial charge in [-0.3, -0.25) is 0 Å². The van der Waals surface area contributed by atoms with E-state index < -0.39 is 29.1 Å². The molecule has 220 valence electrons. The van der Waals surface area contributed by atoms with Crippen molar-refractivity contribution in [3.8, 4) is 5.75 Å². The molecule has 0 atom stereocenters. The van der Waals surface area contributed by atoms with Crippen molar-refractivity contribution in [1.82, 2.24) is 0 Å². The molecule has 44 heavy (non-hydrogen) atoms. The fourth-order valence-electron chi connectivity index (χ4n) is 5.17. The lowest BCUT2D eigenvalue weighted by Crippen LogP contribution is -2.37. The van der Waals surface area contributed by atoms with Crippen LogP contribution in [0, 0.1) is 0 Å². The van der Waals surface area contributed by atoms with Crippen molar-refractivity contribution in [2.75, 3.05) is 0 Å². The lowest BCUT2D eigenvalue weighted by molar-refractivity contribution is -0.0222. The van der Waals surface area contributed by atoms with E-state index in [1.165, 1.54) is 0 Å². The Kier molecular flexibility index (Phi) is 9.16. The third-order valence-electron chi connectivity index (χ3n) is 7.27. The van der Waals surface area contributed by atoms with E-state index in [0.29, 0.717) is 12.8 Å². The van der Waals surface area contributed by atoms with Gasteiger partial charge in [-0.1, -0.05) is 121 Å². The number of hydrogen-bond acceptors (Lipinski definition) is 5. The Bertz CT molecular complexity index is 1690. The van der Waals surface area contributed by atoms with Crippen LogP contribution in [-0.4, -0.2) is 28.1 Å². The molecule has 0 bridgehead atoms. The molecule has 0 aliphatic heterocycles. The smallest absolute Gasteiger partial charge is 0.342 e. The van der Waals surface area contributed by atoms with Gasteiger partial charge in [-0.2, -0.15) is 0 Å². The Hall–Kier alpha value is -5.69. The first-order chi connectivity index (χ1) is 21.3. The maximum atomic E-state index is 14.3. The first-order valence-electron chi connectivity index (χ1n) is 14.0. The molecule has 0 aliphatic carbocycles. The molecule has 0 amide bonds. The molecule has 5 aromatic carbocycles. The van der Waals surface area contributed by atoms with Crippen LogP contribution in [0.2, 0.25) is 0 Å². The molecular formula is C37H30O7. The van der Waals surface area contributed by atoms with Gasteiger partial charge in [-0.15, -0.1) is 0 Å². The van der Waals surface area contributed by atoms with Crippen LogP contribution >= 0.6 is 0 Å². The zero-order valence-corrected chi connectivity index (χ0v) is 23.8. The number of rotatable bonds is 12. The summed E-state index contributed by atoms with van der Waals surface area (Å²) in [4.78, 5) is 38.7. The number of benzene rings is 5. The average Bonchev–Trinajstić information content (AvgIpc) is 3.05. The standard InChI is InChI=1S/C37H30O7/c38-34(39)29-21-31(35(40)41)33(43-25-28-17-9-3-10-18-28)32(22-29)36(42)44-37(30-19-11-4-12-20-30,23-26-13-5-1-6-14-26)24-27-15-7-2-8-16-27/h1-22H,23-25H2,(H,38,39)(H,40,41). The molecule has 0 aromatic heterocycles. The highest BCUT2D eigenvalue weighted by molar-refractivity contribution is 6.03. The number of carboxylic acids is 2. The number of carbonyl (C=O) groups is 3. The van der Waals surface area contributed by atoms with Crippen LogP contribution in [0.1, 0.15) is 53.3 Å². The molecule has 5 aromatic rings. The monoisotopic (exact) mass is 586 g/mol. The van der Waals surface area contributed by atoms with E-state index in [2.05, 4.69) is 0 Å². The summed E-state index contributed by atoms with van der Waals surface area (Å²) in [6, 6.07) is 39.7. The van der Waals surface area contributed by atoms with Crippen LogP contribution in [0.25, 0.3) is 0 Å². The molecular weight excluding hydrogens is 556 g/mol. The first-order valence-corrected chi connectivity index (χ1v) is 14.0. The third kappa shape index (κ3) is 7.02. The second-order valence-electron chi connectivity index (χ2n) is 10.4. The van der Waals surface area contributed by atoms with Crippen LogP contribution in [0.5, 0.6) is 5.75 Å². The van der Waals surface area contributed by atoms with Crippen LogP contribution in [0.15, 0.2) is 133 Å². The minimum absolute atomic E-state index is 0.0499. The van der Waals surface area contributed by atoms with E-state index in [1.807, 2.05) is 97.1 Å². The Morgan fingerprint density at radius 1 is 0.568 bits per heavy atom. The Labute approximate surface area is 255 Å². The van der Waals surface area contributed by atoms with E-state index >= 15 is 0 Å². The number of carboxylic acid groups (broad SMARTS) is 2. The summed E-state index contributed by atoms with van der Waals surface area (Å²) >= 11 is 0. The van der Waals surface area contributed by atoms with E-state index in [-0.39, 0.29) is 23.5 Å². The predicted molar refractivity (Wildman–Crippen MR) is 165 cm³/mol. The summed E-state index contributed by atoms with van der Waals surface area (Å²) < 4.78 is 12.4. The van der Waals surface area contributed by atoms with Crippen molar-refractivity contribution in [2.24, 2.45) is 0 Å². The maximum absolute atomic E-state index is 14.3. The van der Waals surface area contributed by atoms with Gasteiger partial charge >= 0.3 is 17.9 Å². The second kappa shape index (κ2) is 13.5. The van der Waals surface area contributed by atoms with Crippen molar-refractivity contribution in [1.29, 1.82) is 0 Å². The average molecular weight is 587 g/mol. The van der Waals surface area contributed by atoms with Crippen LogP contribution < -0.4 is 4.74 Å². The van der Waals surface area contributed by atoms with Gasteiger partial charge in [0.05, 0.1) is 5.56 Å². The van der Waals surface area contributed by atoms with Gasteiger partial charge in [0.2, 0.25) is 0 Å². The van der Waals surface area contributed by atoms with Crippen molar-refractivity contribution >= 4 is 17.9 Å². The van der Waals surface area contributed by atoms with Gasteiger partial charge in [0.1, 0.15) is 29.1 Å². The number of aromatic carboxylic acids is 2. The summed E-state index contributed by atoms with van der Waals surface area (Å²) in [5.74, 6) is -4.00. The molecule has 0 heterocycles. The SMILES string of the molecule is O=C(O)c1cc(C(=O)O)c(OCc2ccccc2)c(C(=O)OC(Cc2ccccc2)(Cc2ccccc2)c2ccccc2)c1. The highest BCUT2D eigenvalue weighted by atomic mass is 16.6. The van der Waals surface area contributed by atoms with E-state index in [1.54, 1.807) is 24.3 Å². The van der Waals surface area contributed by atoms with E-state index in [0.717, 1.165) is 34.4 Å². The summed E-state index contributed by atoms with van der Waals surface area (Å²) in [6.07, 6.45) is 0.589. The van der Waals surface area contributed by atoms with Crippen molar-refractivity contribution in [3.05, 3.63) is 172 Å². The van der Waals surface area contributed by atoms with Crippen LogP contribution in [0.4, 0.5) is 0 Å². The molecule has 5 rings (SSSR count). The largest absolute Gasteiger partial charge is 0.487 e. The molecule has 7 nitrogen and oxygen atoms in total. The molecule has 0 aliphatic rings.